The number of benzene rings is 3. The van der Waals surface area contributed by atoms with Gasteiger partial charge in [0.25, 0.3) is 0 Å². The first-order valence-electron chi connectivity index (χ1n) is 10.9. The van der Waals surface area contributed by atoms with Crippen molar-refractivity contribution < 1.29 is 34.4 Å². The molecule has 3 aromatic carbocycles. The Labute approximate surface area is 190 Å². The topological polar surface area (TPSA) is 134 Å². The molecule has 9 nitrogen and oxygen atoms in total. The maximum absolute atomic E-state index is 13.0. The molecule has 1 fully saturated rings. The number of hydrogen-bond acceptors (Lipinski definition) is 7. The molecule has 2 aromatic heterocycles. The van der Waals surface area contributed by atoms with E-state index in [9.17, 15) is 24.9 Å². The van der Waals surface area contributed by atoms with E-state index in [1.54, 1.807) is 4.57 Å². The van der Waals surface area contributed by atoms with Gasteiger partial charge < -0.3 is 34.3 Å². The fourth-order valence-electron chi connectivity index (χ4n) is 5.47. The molecule has 0 radical (unpaired) electrons. The van der Waals surface area contributed by atoms with E-state index >= 15 is 0 Å². The standard InChI is InChI=1S/C25H18N2O7/c28-14-9-33-23(22(30)21(14)29)27-13-8-4-2-6-11(13)16-18-17(24(31)34-25(18)32)15-10-5-1-3-7-12(10)26-19(15)20(16)27/h1-8,14,21-23,26,28-30H,9H2/t14-,21-,22-,23?/m1/s1. The van der Waals surface area contributed by atoms with Crippen LogP contribution in [0.1, 0.15) is 26.9 Å². The maximum Gasteiger partial charge on any atom is 0.347 e. The van der Waals surface area contributed by atoms with Crippen molar-refractivity contribution in [3.8, 4) is 0 Å². The van der Waals surface area contributed by atoms with Gasteiger partial charge in [-0.1, -0.05) is 36.4 Å². The van der Waals surface area contributed by atoms with Crippen molar-refractivity contribution in [3.05, 3.63) is 59.7 Å². The number of carbonyl (C=O) groups excluding carboxylic acids is 2. The molecule has 2 aliphatic heterocycles. The van der Waals surface area contributed by atoms with Gasteiger partial charge in [-0.15, -0.1) is 0 Å². The van der Waals surface area contributed by atoms with E-state index in [1.165, 1.54) is 0 Å². The van der Waals surface area contributed by atoms with Crippen LogP contribution in [-0.2, 0) is 9.47 Å². The predicted molar refractivity (Wildman–Crippen MR) is 122 cm³/mol. The van der Waals surface area contributed by atoms with Gasteiger partial charge >= 0.3 is 11.9 Å². The van der Waals surface area contributed by atoms with Gasteiger partial charge in [0, 0.05) is 27.1 Å². The summed E-state index contributed by atoms with van der Waals surface area (Å²) in [6, 6.07) is 14.7. The van der Waals surface area contributed by atoms with Crippen molar-refractivity contribution in [2.45, 2.75) is 24.5 Å². The van der Waals surface area contributed by atoms with Crippen LogP contribution < -0.4 is 0 Å². The van der Waals surface area contributed by atoms with Gasteiger partial charge in [0.15, 0.2) is 6.23 Å². The second kappa shape index (κ2) is 6.64. The van der Waals surface area contributed by atoms with Crippen LogP contribution in [0.2, 0.25) is 0 Å². The second-order valence-corrected chi connectivity index (χ2v) is 8.73. The third-order valence-corrected chi connectivity index (χ3v) is 6.93. The third-order valence-electron chi connectivity index (χ3n) is 6.93. The lowest BCUT2D eigenvalue weighted by molar-refractivity contribution is -0.208. The van der Waals surface area contributed by atoms with E-state index in [-0.39, 0.29) is 17.7 Å². The molecule has 4 N–H and O–H groups in total. The van der Waals surface area contributed by atoms with Crippen molar-refractivity contribution in [1.29, 1.82) is 0 Å². The number of nitrogens with zero attached hydrogens (tertiary/aromatic N) is 1. The summed E-state index contributed by atoms with van der Waals surface area (Å²) in [5.41, 5.74) is 2.87. The summed E-state index contributed by atoms with van der Waals surface area (Å²) < 4.78 is 12.6. The number of aromatic nitrogens is 2. The van der Waals surface area contributed by atoms with Crippen LogP contribution in [0.25, 0.3) is 43.6 Å². The van der Waals surface area contributed by atoms with E-state index in [0.717, 1.165) is 10.9 Å². The number of rotatable bonds is 1. The summed E-state index contributed by atoms with van der Waals surface area (Å²) in [4.78, 5) is 29.2. The lowest BCUT2D eigenvalue weighted by atomic mass is 9.96. The summed E-state index contributed by atoms with van der Waals surface area (Å²) >= 11 is 0. The van der Waals surface area contributed by atoms with Gasteiger partial charge in [-0.25, -0.2) is 9.59 Å². The number of hydrogen-bond donors (Lipinski definition) is 4. The molecule has 2 aliphatic rings. The smallest absolute Gasteiger partial charge is 0.347 e. The number of esters is 2. The number of cyclic esters (lactones) is 2. The van der Waals surface area contributed by atoms with Crippen LogP contribution in [0.3, 0.4) is 0 Å². The minimum Gasteiger partial charge on any atom is -0.388 e. The van der Waals surface area contributed by atoms with Crippen molar-refractivity contribution in [3.63, 3.8) is 0 Å². The van der Waals surface area contributed by atoms with Crippen LogP contribution in [0.15, 0.2) is 48.5 Å². The Bertz CT molecular complexity index is 1700. The van der Waals surface area contributed by atoms with Crippen molar-refractivity contribution in [2.24, 2.45) is 0 Å². The van der Waals surface area contributed by atoms with E-state index in [0.29, 0.717) is 32.7 Å². The number of fused-ring (bicyclic) bond motifs is 10. The molecule has 4 heterocycles. The Morgan fingerprint density at radius 3 is 2.32 bits per heavy atom. The summed E-state index contributed by atoms with van der Waals surface area (Å²) in [5, 5.41) is 33.7. The Hall–Kier alpha value is -3.76. The third kappa shape index (κ3) is 2.31. The molecular formula is C25H18N2O7. The highest BCUT2D eigenvalue weighted by molar-refractivity contribution is 6.36. The lowest BCUT2D eigenvalue weighted by Crippen LogP contribution is -2.50. The minimum absolute atomic E-state index is 0.165. The fraction of sp³-hybridized carbons (Fsp3) is 0.200. The van der Waals surface area contributed by atoms with Gasteiger partial charge in [-0.3, -0.25) is 0 Å². The molecule has 7 rings (SSSR count). The molecule has 0 bridgehead atoms. The molecule has 0 aliphatic carbocycles. The molecule has 9 heteroatoms. The molecule has 1 saturated heterocycles. The first-order chi connectivity index (χ1) is 16.5. The second-order valence-electron chi connectivity index (χ2n) is 8.73. The van der Waals surface area contributed by atoms with Crippen LogP contribution in [0, 0.1) is 0 Å². The number of aliphatic hydroxyl groups excluding tert-OH is 3. The average molecular weight is 458 g/mol. The average Bonchev–Trinajstić information content (AvgIpc) is 3.47. The first kappa shape index (κ1) is 19.7. The van der Waals surface area contributed by atoms with E-state index in [2.05, 4.69) is 4.98 Å². The predicted octanol–water partition coefficient (Wildman–Crippen LogP) is 2.35. The van der Waals surface area contributed by atoms with E-state index < -0.39 is 36.5 Å². The molecule has 0 spiro atoms. The van der Waals surface area contributed by atoms with Crippen LogP contribution in [0.5, 0.6) is 0 Å². The number of aromatic amines is 1. The zero-order valence-electron chi connectivity index (χ0n) is 17.6. The Balaban J connectivity index is 1.73. The number of H-pyrrole nitrogens is 1. The Morgan fingerprint density at radius 2 is 1.53 bits per heavy atom. The highest BCUT2D eigenvalue weighted by Gasteiger charge is 2.42. The molecule has 1 unspecified atom stereocenters. The lowest BCUT2D eigenvalue weighted by Gasteiger charge is -2.36. The summed E-state index contributed by atoms with van der Waals surface area (Å²) in [6.07, 6.45) is -5.15. The monoisotopic (exact) mass is 458 g/mol. The highest BCUT2D eigenvalue weighted by atomic mass is 16.6. The molecule has 34 heavy (non-hydrogen) atoms. The van der Waals surface area contributed by atoms with Crippen LogP contribution in [-0.4, -0.2) is 61.7 Å². The van der Waals surface area contributed by atoms with Gasteiger partial charge in [0.2, 0.25) is 0 Å². The molecule has 5 aromatic rings. The summed E-state index contributed by atoms with van der Waals surface area (Å²) in [7, 11) is 0. The largest absolute Gasteiger partial charge is 0.388 e. The number of nitrogens with one attached hydrogen (secondary N) is 1. The van der Waals surface area contributed by atoms with Gasteiger partial charge in [-0.2, -0.15) is 0 Å². The quantitative estimate of drug-likeness (QED) is 0.224. The van der Waals surface area contributed by atoms with Crippen molar-refractivity contribution >= 4 is 55.6 Å². The van der Waals surface area contributed by atoms with Crippen LogP contribution in [0.4, 0.5) is 0 Å². The zero-order chi connectivity index (χ0) is 23.3. The van der Waals surface area contributed by atoms with Crippen LogP contribution >= 0.6 is 0 Å². The van der Waals surface area contributed by atoms with E-state index in [4.69, 9.17) is 9.47 Å². The normalized spacial score (nSPS) is 25.0. The zero-order valence-corrected chi connectivity index (χ0v) is 17.6. The SMILES string of the molecule is O=C1OC(=O)c2c1c1c3ccccc3[nH]c1c1c2c2ccccc2n1C1OC[C@@H](O)[C@@H](O)[C@H]1O. The molecular weight excluding hydrogens is 440 g/mol. The first-order valence-corrected chi connectivity index (χ1v) is 10.9. The minimum atomic E-state index is -1.44. The molecule has 0 amide bonds. The number of carbonyl (C=O) groups is 2. The number of para-hydroxylation sites is 2. The van der Waals surface area contributed by atoms with Gasteiger partial charge in [-0.05, 0) is 12.1 Å². The number of ether oxygens (including phenoxy) is 2. The molecule has 4 atom stereocenters. The highest BCUT2D eigenvalue weighted by Crippen LogP contribution is 2.46. The van der Waals surface area contributed by atoms with Gasteiger partial charge in [0.05, 0.1) is 34.3 Å². The van der Waals surface area contributed by atoms with Crippen molar-refractivity contribution in [1.82, 2.24) is 9.55 Å². The summed E-state index contributed by atoms with van der Waals surface area (Å²) in [6.45, 7) is -0.182. The summed E-state index contributed by atoms with van der Waals surface area (Å²) in [5.74, 6) is -1.44. The van der Waals surface area contributed by atoms with Crippen molar-refractivity contribution in [2.75, 3.05) is 6.61 Å². The molecule has 170 valence electrons. The Morgan fingerprint density at radius 1 is 0.853 bits per heavy atom. The maximum atomic E-state index is 13.0. The Kier molecular flexibility index (Phi) is 3.85. The van der Waals surface area contributed by atoms with Gasteiger partial charge in [0.1, 0.15) is 18.3 Å². The van der Waals surface area contributed by atoms with E-state index in [1.807, 2.05) is 48.5 Å². The fourth-order valence-corrected chi connectivity index (χ4v) is 5.47. The number of aliphatic hydroxyl groups is 3. The molecule has 0 saturated carbocycles.